The van der Waals surface area contributed by atoms with Gasteiger partial charge in [-0.3, -0.25) is 10.1 Å². The van der Waals surface area contributed by atoms with Gasteiger partial charge in [-0.1, -0.05) is 13.3 Å². The normalized spacial score (nSPS) is 25.0. The SMILES string of the molecule is CC[C@@H]1CNC(OC(=O)C(F)(F)F)C[C@@H]1C(=O)N1CCn2c(nnc2C(F)(F)F)C1. The summed E-state index contributed by atoms with van der Waals surface area (Å²) in [4.78, 5) is 25.4. The van der Waals surface area contributed by atoms with Crippen molar-refractivity contribution in [3.05, 3.63) is 11.6 Å². The molecule has 1 fully saturated rings. The van der Waals surface area contributed by atoms with Crippen molar-refractivity contribution in [1.29, 1.82) is 0 Å². The van der Waals surface area contributed by atoms with Crippen LogP contribution < -0.4 is 5.32 Å². The van der Waals surface area contributed by atoms with Crippen molar-refractivity contribution in [3.63, 3.8) is 0 Å². The number of hydrogen-bond acceptors (Lipinski definition) is 6. The molecule has 0 radical (unpaired) electrons. The number of carbonyl (C=O) groups excluding carboxylic acids is 2. The third kappa shape index (κ3) is 4.52. The fourth-order valence-electron chi connectivity index (χ4n) is 3.74. The minimum absolute atomic E-state index is 0.0241. The predicted octanol–water partition coefficient (Wildman–Crippen LogP) is 1.71. The van der Waals surface area contributed by atoms with Crippen LogP contribution in [0.1, 0.15) is 31.4 Å². The summed E-state index contributed by atoms with van der Waals surface area (Å²) in [5.74, 6) is -4.94. The Hall–Kier alpha value is -2.38. The van der Waals surface area contributed by atoms with Gasteiger partial charge in [-0.25, -0.2) is 4.79 Å². The first-order valence-electron chi connectivity index (χ1n) is 9.21. The van der Waals surface area contributed by atoms with Crippen molar-refractivity contribution in [2.24, 2.45) is 11.8 Å². The average molecular weight is 443 g/mol. The molecule has 0 aromatic carbocycles. The molecular formula is C16H19F6N5O3. The monoisotopic (exact) mass is 443 g/mol. The van der Waals surface area contributed by atoms with Crippen LogP contribution in [0.25, 0.3) is 0 Å². The molecule has 168 valence electrons. The van der Waals surface area contributed by atoms with Crippen LogP contribution in [0, 0.1) is 11.8 Å². The van der Waals surface area contributed by atoms with Crippen LogP contribution >= 0.6 is 0 Å². The molecule has 3 rings (SSSR count). The van der Waals surface area contributed by atoms with Gasteiger partial charge in [0.25, 0.3) is 0 Å². The van der Waals surface area contributed by atoms with Crippen molar-refractivity contribution in [3.8, 4) is 0 Å². The highest BCUT2D eigenvalue weighted by Gasteiger charge is 2.45. The first-order chi connectivity index (χ1) is 13.9. The van der Waals surface area contributed by atoms with Crippen molar-refractivity contribution < 1.29 is 40.7 Å². The van der Waals surface area contributed by atoms with Crippen LogP contribution in [0.3, 0.4) is 0 Å². The van der Waals surface area contributed by atoms with Gasteiger partial charge in [0.05, 0.1) is 6.54 Å². The highest BCUT2D eigenvalue weighted by Crippen LogP contribution is 2.32. The molecule has 2 aliphatic heterocycles. The van der Waals surface area contributed by atoms with Crippen LogP contribution in [0.5, 0.6) is 0 Å². The Bertz CT molecular complexity index is 808. The molecule has 3 atom stereocenters. The first kappa shape index (κ1) is 22.3. The molecule has 1 unspecified atom stereocenters. The summed E-state index contributed by atoms with van der Waals surface area (Å²) >= 11 is 0. The van der Waals surface area contributed by atoms with E-state index in [1.165, 1.54) is 4.90 Å². The van der Waals surface area contributed by atoms with Gasteiger partial charge >= 0.3 is 18.3 Å². The van der Waals surface area contributed by atoms with Gasteiger partial charge in [0.2, 0.25) is 11.7 Å². The number of ether oxygens (including phenoxy) is 1. The highest BCUT2D eigenvalue weighted by molar-refractivity contribution is 5.80. The third-order valence-corrected chi connectivity index (χ3v) is 5.29. The summed E-state index contributed by atoms with van der Waals surface area (Å²) in [6.07, 6.45) is -10.8. The maximum Gasteiger partial charge on any atom is 0.490 e. The van der Waals surface area contributed by atoms with Gasteiger partial charge in [0.15, 0.2) is 12.1 Å². The predicted molar refractivity (Wildman–Crippen MR) is 86.3 cm³/mol. The minimum Gasteiger partial charge on any atom is -0.440 e. The number of alkyl halides is 6. The molecule has 0 spiro atoms. The van der Waals surface area contributed by atoms with Gasteiger partial charge in [-0.2, -0.15) is 26.3 Å². The van der Waals surface area contributed by atoms with Crippen molar-refractivity contribution in [2.75, 3.05) is 13.1 Å². The fourth-order valence-corrected chi connectivity index (χ4v) is 3.74. The molecule has 14 heteroatoms. The maximum absolute atomic E-state index is 13.0. The smallest absolute Gasteiger partial charge is 0.440 e. The lowest BCUT2D eigenvalue weighted by atomic mass is 9.82. The van der Waals surface area contributed by atoms with Crippen LogP contribution in [0.15, 0.2) is 0 Å². The lowest BCUT2D eigenvalue weighted by Gasteiger charge is -2.39. The Balaban J connectivity index is 1.71. The van der Waals surface area contributed by atoms with E-state index in [0.717, 1.165) is 4.57 Å². The Morgan fingerprint density at radius 3 is 2.47 bits per heavy atom. The summed E-state index contributed by atoms with van der Waals surface area (Å²) in [5, 5.41) is 9.35. The Morgan fingerprint density at radius 1 is 1.17 bits per heavy atom. The Kier molecular flexibility index (Phi) is 5.98. The van der Waals surface area contributed by atoms with E-state index in [0.29, 0.717) is 6.42 Å². The summed E-state index contributed by atoms with van der Waals surface area (Å²) in [5.41, 5.74) is 0. The molecule has 0 aliphatic carbocycles. The number of hydrogen-bond donors (Lipinski definition) is 1. The van der Waals surface area contributed by atoms with Gasteiger partial charge in [-0.15, -0.1) is 10.2 Å². The van der Waals surface area contributed by atoms with Crippen LogP contribution in [0.4, 0.5) is 26.3 Å². The topological polar surface area (TPSA) is 89.4 Å². The van der Waals surface area contributed by atoms with Crippen LogP contribution in [-0.4, -0.2) is 57.0 Å². The summed E-state index contributed by atoms with van der Waals surface area (Å²) in [6, 6.07) is 0. The van der Waals surface area contributed by atoms with Gasteiger partial charge in [-0.05, 0) is 5.92 Å². The molecule has 0 bridgehead atoms. The van der Waals surface area contributed by atoms with Gasteiger partial charge in [0.1, 0.15) is 0 Å². The second kappa shape index (κ2) is 8.04. The maximum atomic E-state index is 13.0. The summed E-state index contributed by atoms with van der Waals surface area (Å²) in [6.45, 7) is 1.58. The standard InChI is InChI=1S/C16H19F6N5O3/c1-2-8-6-23-11(30-14(29)16(20,21)22)5-9(8)12(28)26-3-4-27-10(7-26)24-25-13(27)15(17,18)19/h8-9,11,23H,2-7H2,1H3/t8-,9+,11?/m1/s1. The number of esters is 1. The molecule has 1 amide bonds. The summed E-state index contributed by atoms with van der Waals surface area (Å²) in [7, 11) is 0. The van der Waals surface area contributed by atoms with E-state index in [9.17, 15) is 35.9 Å². The fraction of sp³-hybridized carbons (Fsp3) is 0.750. The molecule has 1 saturated heterocycles. The van der Waals surface area contributed by atoms with Crippen molar-refractivity contribution >= 4 is 11.9 Å². The molecule has 0 saturated carbocycles. The quantitative estimate of drug-likeness (QED) is 0.565. The number of nitrogens with one attached hydrogen (secondary N) is 1. The van der Waals surface area contributed by atoms with E-state index in [4.69, 9.17) is 0 Å². The first-order valence-corrected chi connectivity index (χ1v) is 9.21. The minimum atomic E-state index is -5.16. The molecule has 3 heterocycles. The van der Waals surface area contributed by atoms with E-state index in [1.807, 2.05) is 0 Å². The third-order valence-electron chi connectivity index (χ3n) is 5.29. The Morgan fingerprint density at radius 2 is 1.87 bits per heavy atom. The van der Waals surface area contributed by atoms with Crippen molar-refractivity contribution in [2.45, 2.75) is 51.4 Å². The number of carbonyl (C=O) groups is 2. The number of nitrogens with zero attached hydrogens (tertiary/aromatic N) is 4. The van der Waals surface area contributed by atoms with E-state index in [1.54, 1.807) is 6.92 Å². The lowest BCUT2D eigenvalue weighted by molar-refractivity contribution is -0.208. The number of halogens is 6. The second-order valence-electron chi connectivity index (χ2n) is 7.16. The van der Waals surface area contributed by atoms with Crippen LogP contribution in [0.2, 0.25) is 0 Å². The number of rotatable bonds is 3. The van der Waals surface area contributed by atoms with Crippen LogP contribution in [-0.2, 0) is 33.6 Å². The number of piperidine rings is 1. The molecule has 1 aromatic rings. The van der Waals surface area contributed by atoms with E-state index in [-0.39, 0.29) is 44.3 Å². The van der Waals surface area contributed by atoms with E-state index >= 15 is 0 Å². The summed E-state index contributed by atoms with van der Waals surface area (Å²) < 4.78 is 81.5. The lowest BCUT2D eigenvalue weighted by Crippen LogP contribution is -2.53. The number of fused-ring (bicyclic) bond motifs is 1. The average Bonchev–Trinajstić information content (AvgIpc) is 3.10. The zero-order chi connectivity index (χ0) is 22.3. The molecule has 30 heavy (non-hydrogen) atoms. The van der Waals surface area contributed by atoms with E-state index < -0.39 is 42.2 Å². The molecule has 2 aliphatic rings. The van der Waals surface area contributed by atoms with Gasteiger partial charge in [0, 0.05) is 32.0 Å². The molecular weight excluding hydrogens is 424 g/mol. The molecule has 1 N–H and O–H groups in total. The second-order valence-corrected chi connectivity index (χ2v) is 7.16. The zero-order valence-electron chi connectivity index (χ0n) is 15.8. The molecule has 8 nitrogen and oxygen atoms in total. The zero-order valence-corrected chi connectivity index (χ0v) is 15.8. The number of amides is 1. The largest absolute Gasteiger partial charge is 0.490 e. The van der Waals surface area contributed by atoms with Gasteiger partial charge < -0.3 is 14.2 Å². The highest BCUT2D eigenvalue weighted by atomic mass is 19.4. The Labute approximate surface area is 166 Å². The molecule has 1 aromatic heterocycles. The van der Waals surface area contributed by atoms with E-state index in [2.05, 4.69) is 20.3 Å². The van der Waals surface area contributed by atoms with Crippen molar-refractivity contribution in [1.82, 2.24) is 25.0 Å². The number of aromatic nitrogens is 3.